The summed E-state index contributed by atoms with van der Waals surface area (Å²) in [5.74, 6) is 0.762. The average Bonchev–Trinajstić information content (AvgIpc) is 3.37. The van der Waals surface area contributed by atoms with Crippen molar-refractivity contribution in [1.82, 2.24) is 16.0 Å². The molecule has 9 nitrogen and oxygen atoms in total. The van der Waals surface area contributed by atoms with Gasteiger partial charge in [0.25, 0.3) is 0 Å². The van der Waals surface area contributed by atoms with Crippen molar-refractivity contribution in [3.63, 3.8) is 0 Å². The van der Waals surface area contributed by atoms with E-state index in [1.54, 1.807) is 11.8 Å². The number of aliphatic imine (C=N–C) groups is 1. The molecule has 0 spiro atoms. The van der Waals surface area contributed by atoms with Crippen molar-refractivity contribution < 1.29 is 23.9 Å². The zero-order chi connectivity index (χ0) is 29.6. The quantitative estimate of drug-likeness (QED) is 0.236. The molecule has 226 valence electrons. The molecule has 1 saturated carbocycles. The highest BCUT2D eigenvalue weighted by Gasteiger charge is 2.38. The van der Waals surface area contributed by atoms with Gasteiger partial charge in [-0.15, -0.1) is 0 Å². The lowest BCUT2D eigenvalue weighted by Gasteiger charge is -2.22. The Morgan fingerprint density at radius 3 is 2.48 bits per heavy atom. The van der Waals surface area contributed by atoms with Crippen LogP contribution >= 0.6 is 11.8 Å². The van der Waals surface area contributed by atoms with Crippen LogP contribution in [0.2, 0.25) is 0 Å². The van der Waals surface area contributed by atoms with E-state index in [0.717, 1.165) is 31.2 Å². The van der Waals surface area contributed by atoms with Crippen LogP contribution in [-0.4, -0.2) is 73.6 Å². The fourth-order valence-electron chi connectivity index (χ4n) is 5.23. The van der Waals surface area contributed by atoms with Crippen LogP contribution in [-0.2, 0) is 25.6 Å². The highest BCUT2D eigenvalue weighted by Crippen LogP contribution is 2.23. The number of rotatable bonds is 13. The molecule has 10 heteroatoms. The minimum atomic E-state index is -0.822. The number of hydrogen-bond acceptors (Lipinski definition) is 8. The van der Waals surface area contributed by atoms with Crippen molar-refractivity contribution in [2.45, 2.75) is 63.3 Å². The van der Waals surface area contributed by atoms with Crippen LogP contribution in [0.1, 0.15) is 49.7 Å². The summed E-state index contributed by atoms with van der Waals surface area (Å²) in [6.07, 6.45) is 7.01. The van der Waals surface area contributed by atoms with E-state index < -0.39 is 24.3 Å². The molecule has 1 aliphatic carbocycles. The average molecular weight is 595 g/mol. The van der Waals surface area contributed by atoms with Gasteiger partial charge in [-0.25, -0.2) is 4.79 Å². The van der Waals surface area contributed by atoms with Crippen molar-refractivity contribution >= 4 is 35.4 Å². The third kappa shape index (κ3) is 9.96. The number of benzene rings is 2. The molecular weight excluding hydrogens is 552 g/mol. The molecule has 2 amide bonds. The van der Waals surface area contributed by atoms with E-state index in [2.05, 4.69) is 16.0 Å². The predicted molar refractivity (Wildman–Crippen MR) is 166 cm³/mol. The van der Waals surface area contributed by atoms with Gasteiger partial charge < -0.3 is 20.1 Å². The van der Waals surface area contributed by atoms with Gasteiger partial charge >= 0.3 is 6.09 Å². The van der Waals surface area contributed by atoms with E-state index in [9.17, 15) is 14.4 Å². The van der Waals surface area contributed by atoms with E-state index in [4.69, 9.17) is 14.5 Å². The predicted octanol–water partition coefficient (Wildman–Crippen LogP) is 4.10. The van der Waals surface area contributed by atoms with Gasteiger partial charge in [0, 0.05) is 18.7 Å². The Labute approximate surface area is 252 Å². The topological polar surface area (TPSA) is 118 Å². The van der Waals surface area contributed by atoms with Crippen LogP contribution in [0, 0.1) is 5.92 Å². The normalized spacial score (nSPS) is 20.2. The Kier molecular flexibility index (Phi) is 12.9. The van der Waals surface area contributed by atoms with Crippen LogP contribution in [0.3, 0.4) is 0 Å². The zero-order valence-corrected chi connectivity index (χ0v) is 25.1. The van der Waals surface area contributed by atoms with E-state index in [0.29, 0.717) is 43.4 Å². The first-order chi connectivity index (χ1) is 20.5. The highest BCUT2D eigenvalue weighted by atomic mass is 32.2. The molecule has 3 N–H and O–H groups in total. The minimum Gasteiger partial charge on any atom is -0.449 e. The van der Waals surface area contributed by atoms with Gasteiger partial charge in [-0.3, -0.25) is 19.9 Å². The first kappa shape index (κ1) is 31.7. The maximum absolute atomic E-state index is 13.6. The summed E-state index contributed by atoms with van der Waals surface area (Å²) in [5.41, 5.74) is 1.78. The number of Topliss-reactive ketones (excluding diaryl/α,β-unsaturated/α-hetero) is 1. The van der Waals surface area contributed by atoms with Gasteiger partial charge in [-0.2, -0.15) is 11.8 Å². The van der Waals surface area contributed by atoms with Crippen molar-refractivity contribution in [3.05, 3.63) is 71.8 Å². The van der Waals surface area contributed by atoms with Gasteiger partial charge in [0.1, 0.15) is 24.5 Å². The summed E-state index contributed by atoms with van der Waals surface area (Å²) in [5, 5.41) is 9.01. The van der Waals surface area contributed by atoms with E-state index in [1.807, 2.05) is 66.9 Å². The van der Waals surface area contributed by atoms with E-state index in [-0.39, 0.29) is 24.1 Å². The third-order valence-corrected chi connectivity index (χ3v) is 8.24. The zero-order valence-electron chi connectivity index (χ0n) is 24.3. The number of thioether (sulfide) groups is 1. The molecule has 2 aliphatic rings. The Bertz CT molecular complexity index is 1170. The molecule has 0 aromatic heterocycles. The Balaban J connectivity index is 1.43. The molecule has 1 saturated heterocycles. The SMILES string of the molecule is CSCCC(N=C(NC(=O)OCC1CCCCC1)c1ccccc1)C(=O)NC1C(=O)COC1CNCc1ccccc1. The molecule has 1 aliphatic heterocycles. The number of amides is 2. The second-order valence-electron chi connectivity index (χ2n) is 10.8. The van der Waals surface area contributed by atoms with Gasteiger partial charge in [0.05, 0.1) is 12.7 Å². The Morgan fingerprint density at radius 1 is 1.05 bits per heavy atom. The number of hydrogen-bond donors (Lipinski definition) is 3. The maximum Gasteiger partial charge on any atom is 0.412 e. The second-order valence-corrected chi connectivity index (χ2v) is 11.8. The van der Waals surface area contributed by atoms with Crippen LogP contribution < -0.4 is 16.0 Å². The van der Waals surface area contributed by atoms with Crippen molar-refractivity contribution in [3.8, 4) is 0 Å². The molecule has 4 rings (SSSR count). The molecule has 0 radical (unpaired) electrons. The Morgan fingerprint density at radius 2 is 1.76 bits per heavy atom. The van der Waals surface area contributed by atoms with Crippen molar-refractivity contribution in [2.24, 2.45) is 10.9 Å². The molecule has 42 heavy (non-hydrogen) atoms. The molecular formula is C32H42N4O5S. The summed E-state index contributed by atoms with van der Waals surface area (Å²) in [6, 6.07) is 17.6. The number of nitrogens with zero attached hydrogens (tertiary/aromatic N) is 1. The molecule has 0 bridgehead atoms. The lowest BCUT2D eigenvalue weighted by molar-refractivity contribution is -0.127. The summed E-state index contributed by atoms with van der Waals surface area (Å²) < 4.78 is 11.3. The molecule has 2 fully saturated rings. The number of carbonyl (C=O) groups is 3. The van der Waals surface area contributed by atoms with Gasteiger partial charge in [0.15, 0.2) is 5.78 Å². The summed E-state index contributed by atoms with van der Waals surface area (Å²) in [4.78, 5) is 43.8. The van der Waals surface area contributed by atoms with E-state index >= 15 is 0 Å². The number of ketones is 1. The van der Waals surface area contributed by atoms with Crippen LogP contribution in [0.15, 0.2) is 65.7 Å². The summed E-state index contributed by atoms with van der Waals surface area (Å²) in [7, 11) is 0. The van der Waals surface area contributed by atoms with Crippen molar-refractivity contribution in [2.75, 3.05) is 31.8 Å². The van der Waals surface area contributed by atoms with Crippen molar-refractivity contribution in [1.29, 1.82) is 0 Å². The van der Waals surface area contributed by atoms with Gasteiger partial charge in [-0.1, -0.05) is 79.9 Å². The number of nitrogens with one attached hydrogen (secondary N) is 3. The molecule has 3 unspecified atom stereocenters. The van der Waals surface area contributed by atoms with Crippen LogP contribution in [0.5, 0.6) is 0 Å². The molecule has 1 heterocycles. The van der Waals surface area contributed by atoms with E-state index in [1.165, 1.54) is 6.42 Å². The number of amidine groups is 1. The first-order valence-corrected chi connectivity index (χ1v) is 16.2. The van der Waals surface area contributed by atoms with Crippen LogP contribution in [0.25, 0.3) is 0 Å². The summed E-state index contributed by atoms with van der Waals surface area (Å²) in [6.45, 7) is 1.35. The largest absolute Gasteiger partial charge is 0.449 e. The molecule has 3 atom stereocenters. The third-order valence-electron chi connectivity index (χ3n) is 7.60. The first-order valence-electron chi connectivity index (χ1n) is 14.8. The number of ether oxygens (including phenoxy) is 2. The standard InChI is InChI=1S/C32H42N4O5S/c1-42-18-17-26(31(38)35-29-27(37)22-40-28(29)20-33-19-23-11-5-2-6-12-23)34-30(25-15-9-4-10-16-25)36-32(39)41-21-24-13-7-3-8-14-24/h2,4-6,9-12,15-16,24,26,28-29,33H,3,7-8,13-14,17-22H2,1H3,(H,35,38)(H,34,36,39). The summed E-state index contributed by atoms with van der Waals surface area (Å²) >= 11 is 1.60. The number of carbonyl (C=O) groups excluding carboxylic acids is 3. The van der Waals surface area contributed by atoms with Gasteiger partial charge in [-0.05, 0) is 42.8 Å². The minimum absolute atomic E-state index is 0.0506. The van der Waals surface area contributed by atoms with Gasteiger partial charge in [0.2, 0.25) is 5.91 Å². The lowest BCUT2D eigenvalue weighted by atomic mass is 9.90. The smallest absolute Gasteiger partial charge is 0.412 e. The van der Waals surface area contributed by atoms with Crippen LogP contribution in [0.4, 0.5) is 4.79 Å². The molecule has 2 aromatic rings. The highest BCUT2D eigenvalue weighted by molar-refractivity contribution is 7.98. The monoisotopic (exact) mass is 594 g/mol. The fraction of sp³-hybridized carbons (Fsp3) is 0.500. The number of alkyl carbamates (subject to hydrolysis) is 1. The second kappa shape index (κ2) is 17.0. The lowest BCUT2D eigenvalue weighted by Crippen LogP contribution is -2.51. The fourth-order valence-corrected chi connectivity index (χ4v) is 5.69. The Hall–Kier alpha value is -3.21. The maximum atomic E-state index is 13.6. The molecule has 2 aromatic carbocycles.